The fraction of sp³-hybridized carbons (Fsp3) is 0.130. The fourth-order valence-corrected chi connectivity index (χ4v) is 4.11. The van der Waals surface area contributed by atoms with Crippen LogP contribution in [0.1, 0.15) is 16.8 Å². The molecule has 0 radical (unpaired) electrons. The third-order valence-electron chi connectivity index (χ3n) is 4.62. The van der Waals surface area contributed by atoms with E-state index < -0.39 is 0 Å². The molecular formula is C23H20N2OS. The van der Waals surface area contributed by atoms with Crippen molar-refractivity contribution >= 4 is 28.0 Å². The number of carbonyl (C=O) groups excluding carboxylic acids is 1. The Morgan fingerprint density at radius 2 is 1.78 bits per heavy atom. The lowest BCUT2D eigenvalue weighted by atomic mass is 10.0. The Kier molecular flexibility index (Phi) is 4.99. The quantitative estimate of drug-likeness (QED) is 0.528. The SMILES string of the molecule is Cc1ccccc1-c1nc(CNC(=O)Cc2cccc3ccccc23)cs1. The number of hydrogen-bond acceptors (Lipinski definition) is 3. The van der Waals surface area contributed by atoms with Crippen LogP contribution in [-0.2, 0) is 17.8 Å². The lowest BCUT2D eigenvalue weighted by Gasteiger charge is -2.07. The molecule has 0 aliphatic carbocycles. The molecule has 0 atom stereocenters. The fourth-order valence-electron chi connectivity index (χ4n) is 3.20. The number of aromatic nitrogens is 1. The van der Waals surface area contributed by atoms with E-state index in [9.17, 15) is 4.79 Å². The number of nitrogens with one attached hydrogen (secondary N) is 1. The van der Waals surface area contributed by atoms with E-state index in [2.05, 4.69) is 47.6 Å². The zero-order chi connectivity index (χ0) is 18.6. The van der Waals surface area contributed by atoms with Gasteiger partial charge in [-0.05, 0) is 28.8 Å². The molecule has 0 unspecified atom stereocenters. The Labute approximate surface area is 162 Å². The summed E-state index contributed by atoms with van der Waals surface area (Å²) in [6.45, 7) is 2.54. The highest BCUT2D eigenvalue weighted by Gasteiger charge is 2.10. The largest absolute Gasteiger partial charge is 0.350 e. The minimum Gasteiger partial charge on any atom is -0.350 e. The number of nitrogens with zero attached hydrogens (tertiary/aromatic N) is 1. The smallest absolute Gasteiger partial charge is 0.224 e. The Morgan fingerprint density at radius 1 is 1.00 bits per heavy atom. The second-order valence-corrected chi connectivity index (χ2v) is 7.41. The first-order valence-electron chi connectivity index (χ1n) is 8.94. The molecule has 134 valence electrons. The maximum atomic E-state index is 12.4. The van der Waals surface area contributed by atoms with Gasteiger partial charge in [0, 0.05) is 10.9 Å². The van der Waals surface area contributed by atoms with E-state index in [0.717, 1.165) is 32.6 Å². The number of rotatable bonds is 5. The number of carbonyl (C=O) groups is 1. The van der Waals surface area contributed by atoms with Crippen molar-refractivity contribution in [2.45, 2.75) is 19.9 Å². The highest BCUT2D eigenvalue weighted by molar-refractivity contribution is 7.13. The molecule has 3 nitrogen and oxygen atoms in total. The summed E-state index contributed by atoms with van der Waals surface area (Å²) in [6.07, 6.45) is 0.371. The summed E-state index contributed by atoms with van der Waals surface area (Å²) in [6, 6.07) is 22.5. The van der Waals surface area contributed by atoms with E-state index in [1.807, 2.05) is 41.8 Å². The van der Waals surface area contributed by atoms with Crippen LogP contribution in [0.25, 0.3) is 21.3 Å². The van der Waals surface area contributed by atoms with Crippen LogP contribution in [0, 0.1) is 6.92 Å². The molecule has 1 amide bonds. The van der Waals surface area contributed by atoms with Crippen molar-refractivity contribution in [2.24, 2.45) is 0 Å². The summed E-state index contributed by atoms with van der Waals surface area (Å²) < 4.78 is 0. The average molecular weight is 372 g/mol. The third-order valence-corrected chi connectivity index (χ3v) is 5.55. The van der Waals surface area contributed by atoms with Crippen LogP contribution in [0.5, 0.6) is 0 Å². The van der Waals surface area contributed by atoms with Gasteiger partial charge >= 0.3 is 0 Å². The first kappa shape index (κ1) is 17.4. The molecule has 0 bridgehead atoms. The highest BCUT2D eigenvalue weighted by atomic mass is 32.1. The van der Waals surface area contributed by atoms with Crippen molar-refractivity contribution in [3.8, 4) is 10.6 Å². The first-order valence-corrected chi connectivity index (χ1v) is 9.82. The standard InChI is InChI=1S/C23H20N2OS/c1-16-7-2-4-11-20(16)23-25-19(15-27-23)14-24-22(26)13-18-10-6-9-17-8-3-5-12-21(17)18/h2-12,15H,13-14H2,1H3,(H,24,26). The van der Waals surface area contributed by atoms with Crippen LogP contribution in [0.3, 0.4) is 0 Å². The van der Waals surface area contributed by atoms with Gasteiger partial charge in [-0.3, -0.25) is 4.79 Å². The summed E-state index contributed by atoms with van der Waals surface area (Å²) in [5.41, 5.74) is 4.29. The van der Waals surface area contributed by atoms with Crippen LogP contribution in [0.4, 0.5) is 0 Å². The molecule has 0 saturated heterocycles. The van der Waals surface area contributed by atoms with Crippen molar-refractivity contribution in [1.82, 2.24) is 10.3 Å². The second kappa shape index (κ2) is 7.72. The van der Waals surface area contributed by atoms with Gasteiger partial charge in [-0.25, -0.2) is 4.98 Å². The van der Waals surface area contributed by atoms with Crippen molar-refractivity contribution in [2.75, 3.05) is 0 Å². The predicted octanol–water partition coefficient (Wildman–Crippen LogP) is 5.13. The number of thiazole rings is 1. The number of hydrogen-bond donors (Lipinski definition) is 1. The van der Waals surface area contributed by atoms with Gasteiger partial charge in [-0.1, -0.05) is 66.7 Å². The van der Waals surface area contributed by atoms with E-state index in [-0.39, 0.29) is 5.91 Å². The molecule has 0 saturated carbocycles. The molecule has 1 N–H and O–H groups in total. The van der Waals surface area contributed by atoms with Crippen LogP contribution < -0.4 is 5.32 Å². The molecule has 0 fully saturated rings. The van der Waals surface area contributed by atoms with Gasteiger partial charge in [0.15, 0.2) is 0 Å². The van der Waals surface area contributed by atoms with Crippen molar-refractivity contribution in [3.63, 3.8) is 0 Å². The van der Waals surface area contributed by atoms with E-state index in [0.29, 0.717) is 13.0 Å². The Bertz CT molecular complexity index is 1090. The van der Waals surface area contributed by atoms with Crippen LogP contribution in [0.15, 0.2) is 72.1 Å². The summed E-state index contributed by atoms with van der Waals surface area (Å²) in [7, 11) is 0. The lowest BCUT2D eigenvalue weighted by Crippen LogP contribution is -2.24. The molecule has 0 spiro atoms. The minimum absolute atomic E-state index is 0.0109. The van der Waals surface area contributed by atoms with Crippen molar-refractivity contribution in [1.29, 1.82) is 0 Å². The molecule has 4 aromatic rings. The Hall–Kier alpha value is -2.98. The monoisotopic (exact) mass is 372 g/mol. The molecule has 27 heavy (non-hydrogen) atoms. The summed E-state index contributed by atoms with van der Waals surface area (Å²) in [5, 5.41) is 8.29. The van der Waals surface area contributed by atoms with E-state index in [1.165, 1.54) is 5.56 Å². The predicted molar refractivity (Wildman–Crippen MR) is 112 cm³/mol. The van der Waals surface area contributed by atoms with Gasteiger partial charge in [0.2, 0.25) is 5.91 Å². The molecule has 0 aliphatic heterocycles. The molecule has 1 heterocycles. The molecule has 4 rings (SSSR count). The number of amides is 1. The summed E-state index contributed by atoms with van der Waals surface area (Å²) in [4.78, 5) is 17.1. The van der Waals surface area contributed by atoms with Crippen molar-refractivity contribution in [3.05, 3.63) is 88.9 Å². The zero-order valence-electron chi connectivity index (χ0n) is 15.1. The van der Waals surface area contributed by atoms with Gasteiger partial charge in [0.25, 0.3) is 0 Å². The molecule has 3 aromatic carbocycles. The van der Waals surface area contributed by atoms with Crippen LogP contribution >= 0.6 is 11.3 Å². The molecule has 4 heteroatoms. The molecular weight excluding hydrogens is 352 g/mol. The number of fused-ring (bicyclic) bond motifs is 1. The minimum atomic E-state index is 0.0109. The average Bonchev–Trinajstić information content (AvgIpc) is 3.16. The van der Waals surface area contributed by atoms with E-state index in [4.69, 9.17) is 0 Å². The summed E-state index contributed by atoms with van der Waals surface area (Å²) in [5.74, 6) is 0.0109. The van der Waals surface area contributed by atoms with Crippen molar-refractivity contribution < 1.29 is 4.79 Å². The lowest BCUT2D eigenvalue weighted by molar-refractivity contribution is -0.120. The zero-order valence-corrected chi connectivity index (χ0v) is 15.9. The van der Waals surface area contributed by atoms with Crippen LogP contribution in [-0.4, -0.2) is 10.9 Å². The number of aryl methyl sites for hydroxylation is 1. The first-order chi connectivity index (χ1) is 13.2. The van der Waals surface area contributed by atoms with E-state index in [1.54, 1.807) is 11.3 Å². The second-order valence-electron chi connectivity index (χ2n) is 6.55. The Morgan fingerprint density at radius 3 is 2.67 bits per heavy atom. The molecule has 0 aliphatic rings. The van der Waals surface area contributed by atoms with Gasteiger partial charge in [-0.15, -0.1) is 11.3 Å². The van der Waals surface area contributed by atoms with Gasteiger partial charge in [-0.2, -0.15) is 0 Å². The maximum Gasteiger partial charge on any atom is 0.224 e. The Balaban J connectivity index is 1.42. The van der Waals surface area contributed by atoms with Crippen LogP contribution in [0.2, 0.25) is 0 Å². The third kappa shape index (κ3) is 3.91. The normalized spacial score (nSPS) is 10.9. The highest BCUT2D eigenvalue weighted by Crippen LogP contribution is 2.26. The molecule has 1 aromatic heterocycles. The van der Waals surface area contributed by atoms with Gasteiger partial charge < -0.3 is 5.32 Å². The summed E-state index contributed by atoms with van der Waals surface area (Å²) >= 11 is 1.61. The number of benzene rings is 3. The van der Waals surface area contributed by atoms with E-state index >= 15 is 0 Å². The van der Waals surface area contributed by atoms with Gasteiger partial charge in [0.1, 0.15) is 5.01 Å². The van der Waals surface area contributed by atoms with Gasteiger partial charge in [0.05, 0.1) is 18.7 Å². The topological polar surface area (TPSA) is 42.0 Å². The maximum absolute atomic E-state index is 12.4.